The molecule has 1 unspecified atom stereocenters. The van der Waals surface area contributed by atoms with Crippen LogP contribution in [0.1, 0.15) is 90.9 Å². The molecule has 0 aromatic carbocycles. The summed E-state index contributed by atoms with van der Waals surface area (Å²) < 4.78 is 0. The molecule has 27 heavy (non-hydrogen) atoms. The van der Waals surface area contributed by atoms with Crippen molar-refractivity contribution in [3.63, 3.8) is 0 Å². The molecular weight excluding hydrogens is 342 g/mol. The summed E-state index contributed by atoms with van der Waals surface area (Å²) in [4.78, 5) is 38.1. The third kappa shape index (κ3) is 10.4. The minimum absolute atomic E-state index is 0.0734. The number of likely N-dealkylation sites (tertiary alicyclic amines) is 1. The van der Waals surface area contributed by atoms with Crippen molar-refractivity contribution >= 4 is 17.7 Å². The minimum atomic E-state index is -0.639. The SMILES string of the molecule is CCCCCCCCCC(=O)N[C@@H](CCC(N)=O)C(=O)N1CCCC(C)C1. The number of nitrogens with one attached hydrogen (secondary N) is 1. The molecule has 0 aromatic rings. The Morgan fingerprint density at radius 3 is 2.37 bits per heavy atom. The van der Waals surface area contributed by atoms with Gasteiger partial charge in [-0.2, -0.15) is 0 Å². The Bertz CT molecular complexity index is 468. The summed E-state index contributed by atoms with van der Waals surface area (Å²) in [7, 11) is 0. The van der Waals surface area contributed by atoms with Gasteiger partial charge < -0.3 is 16.0 Å². The molecule has 1 aliphatic rings. The van der Waals surface area contributed by atoms with Crippen LogP contribution in [-0.4, -0.2) is 41.8 Å². The number of rotatable bonds is 13. The lowest BCUT2D eigenvalue weighted by atomic mass is 9.99. The Balaban J connectivity index is 2.42. The fraction of sp³-hybridized carbons (Fsp3) is 0.857. The summed E-state index contributed by atoms with van der Waals surface area (Å²) >= 11 is 0. The van der Waals surface area contributed by atoms with Crippen LogP contribution in [0.3, 0.4) is 0 Å². The highest BCUT2D eigenvalue weighted by molar-refractivity contribution is 5.88. The predicted octanol–water partition coefficient (Wildman–Crippen LogP) is 3.14. The lowest BCUT2D eigenvalue weighted by molar-refractivity contribution is -0.138. The third-order valence-corrected chi connectivity index (χ3v) is 5.29. The van der Waals surface area contributed by atoms with E-state index in [1.165, 1.54) is 25.7 Å². The van der Waals surface area contributed by atoms with Crippen LogP contribution in [0.25, 0.3) is 0 Å². The van der Waals surface area contributed by atoms with E-state index in [1.807, 2.05) is 4.90 Å². The van der Waals surface area contributed by atoms with Gasteiger partial charge in [0.25, 0.3) is 0 Å². The smallest absolute Gasteiger partial charge is 0.245 e. The first-order valence-electron chi connectivity index (χ1n) is 10.8. The molecule has 156 valence electrons. The van der Waals surface area contributed by atoms with Crippen molar-refractivity contribution in [2.24, 2.45) is 11.7 Å². The molecule has 1 fully saturated rings. The molecule has 0 bridgehead atoms. The molecule has 1 aliphatic heterocycles. The average molecular weight is 382 g/mol. The second-order valence-corrected chi connectivity index (χ2v) is 8.03. The van der Waals surface area contributed by atoms with Crippen LogP contribution in [0.15, 0.2) is 0 Å². The van der Waals surface area contributed by atoms with Crippen LogP contribution in [-0.2, 0) is 14.4 Å². The molecular formula is C21H39N3O3. The first-order chi connectivity index (χ1) is 12.9. The lowest BCUT2D eigenvalue weighted by Crippen LogP contribution is -2.51. The van der Waals surface area contributed by atoms with Gasteiger partial charge in [0.2, 0.25) is 17.7 Å². The predicted molar refractivity (Wildman–Crippen MR) is 108 cm³/mol. The van der Waals surface area contributed by atoms with Gasteiger partial charge in [0, 0.05) is 25.9 Å². The van der Waals surface area contributed by atoms with Crippen molar-refractivity contribution in [3.05, 3.63) is 0 Å². The highest BCUT2D eigenvalue weighted by atomic mass is 16.2. The first-order valence-corrected chi connectivity index (χ1v) is 10.8. The van der Waals surface area contributed by atoms with E-state index >= 15 is 0 Å². The van der Waals surface area contributed by atoms with Gasteiger partial charge >= 0.3 is 0 Å². The van der Waals surface area contributed by atoms with Crippen LogP contribution in [0, 0.1) is 5.92 Å². The van der Waals surface area contributed by atoms with Crippen molar-refractivity contribution in [1.29, 1.82) is 0 Å². The first kappa shape index (κ1) is 23.4. The fourth-order valence-corrected chi connectivity index (χ4v) is 3.66. The molecule has 6 heteroatoms. The number of primary amides is 1. The van der Waals surface area contributed by atoms with Gasteiger partial charge in [-0.1, -0.05) is 52.4 Å². The zero-order valence-electron chi connectivity index (χ0n) is 17.3. The van der Waals surface area contributed by atoms with Gasteiger partial charge in [0.1, 0.15) is 6.04 Å². The van der Waals surface area contributed by atoms with Crippen LogP contribution in [0.4, 0.5) is 0 Å². The Kier molecular flexibility index (Phi) is 11.8. The van der Waals surface area contributed by atoms with Gasteiger partial charge in [0.15, 0.2) is 0 Å². The summed E-state index contributed by atoms with van der Waals surface area (Å²) in [6, 6.07) is -0.639. The number of amides is 3. The van der Waals surface area contributed by atoms with E-state index in [2.05, 4.69) is 19.2 Å². The van der Waals surface area contributed by atoms with E-state index in [1.54, 1.807) is 0 Å². The van der Waals surface area contributed by atoms with E-state index in [0.717, 1.165) is 45.2 Å². The Morgan fingerprint density at radius 1 is 1.07 bits per heavy atom. The molecule has 1 rings (SSSR count). The number of nitrogens with two attached hydrogens (primary N) is 1. The van der Waals surface area contributed by atoms with Crippen LogP contribution in [0.5, 0.6) is 0 Å². The Morgan fingerprint density at radius 2 is 1.74 bits per heavy atom. The molecule has 0 aliphatic carbocycles. The number of piperidine rings is 1. The molecule has 3 amide bonds. The summed E-state index contributed by atoms with van der Waals surface area (Å²) in [6.07, 6.45) is 11.0. The molecule has 6 nitrogen and oxygen atoms in total. The van der Waals surface area contributed by atoms with E-state index in [-0.39, 0.29) is 24.7 Å². The standard InChI is InChI=1S/C21H39N3O3/c1-3-4-5-6-7-8-9-12-20(26)23-18(13-14-19(22)25)21(27)24-15-10-11-17(2)16-24/h17-18H,3-16H2,1-2H3,(H2,22,25)(H,23,26)/t17?,18-/m0/s1. The summed E-state index contributed by atoms with van der Waals surface area (Å²) in [5.74, 6) is -0.142. The van der Waals surface area contributed by atoms with E-state index in [4.69, 9.17) is 5.73 Å². The maximum Gasteiger partial charge on any atom is 0.245 e. The third-order valence-electron chi connectivity index (χ3n) is 5.29. The number of hydrogen-bond donors (Lipinski definition) is 2. The number of carbonyl (C=O) groups is 3. The van der Waals surface area contributed by atoms with E-state index in [0.29, 0.717) is 12.3 Å². The summed E-state index contributed by atoms with van der Waals surface area (Å²) in [6.45, 7) is 5.78. The number of hydrogen-bond acceptors (Lipinski definition) is 3. The van der Waals surface area contributed by atoms with Crippen molar-refractivity contribution in [2.75, 3.05) is 13.1 Å². The molecule has 0 aromatic heterocycles. The quantitative estimate of drug-likeness (QED) is 0.480. The Hall–Kier alpha value is -1.59. The molecule has 0 radical (unpaired) electrons. The highest BCUT2D eigenvalue weighted by Crippen LogP contribution is 2.17. The van der Waals surface area contributed by atoms with Crippen molar-refractivity contribution in [2.45, 2.75) is 96.9 Å². The van der Waals surface area contributed by atoms with E-state index in [9.17, 15) is 14.4 Å². The molecule has 1 saturated heterocycles. The fourth-order valence-electron chi connectivity index (χ4n) is 3.66. The van der Waals surface area contributed by atoms with Crippen LogP contribution < -0.4 is 11.1 Å². The van der Waals surface area contributed by atoms with Crippen molar-refractivity contribution in [1.82, 2.24) is 10.2 Å². The second kappa shape index (κ2) is 13.6. The average Bonchev–Trinajstić information content (AvgIpc) is 2.63. The van der Waals surface area contributed by atoms with Gasteiger partial charge in [-0.3, -0.25) is 14.4 Å². The van der Waals surface area contributed by atoms with Crippen LogP contribution >= 0.6 is 0 Å². The molecule has 2 atom stereocenters. The molecule has 3 N–H and O–H groups in total. The van der Waals surface area contributed by atoms with Gasteiger partial charge in [-0.25, -0.2) is 0 Å². The van der Waals surface area contributed by atoms with Crippen LogP contribution in [0.2, 0.25) is 0 Å². The second-order valence-electron chi connectivity index (χ2n) is 8.03. The maximum absolute atomic E-state index is 12.8. The topological polar surface area (TPSA) is 92.5 Å². The number of carbonyl (C=O) groups excluding carboxylic acids is 3. The Labute approximate surface area is 164 Å². The molecule has 1 heterocycles. The largest absolute Gasteiger partial charge is 0.370 e. The number of nitrogens with zero attached hydrogens (tertiary/aromatic N) is 1. The van der Waals surface area contributed by atoms with Crippen molar-refractivity contribution < 1.29 is 14.4 Å². The molecule has 0 spiro atoms. The van der Waals surface area contributed by atoms with Gasteiger partial charge in [-0.05, 0) is 31.6 Å². The maximum atomic E-state index is 12.8. The minimum Gasteiger partial charge on any atom is -0.370 e. The number of unbranched alkanes of at least 4 members (excludes halogenated alkanes) is 6. The monoisotopic (exact) mass is 381 g/mol. The zero-order valence-corrected chi connectivity index (χ0v) is 17.3. The summed E-state index contributed by atoms with van der Waals surface area (Å²) in [5, 5.41) is 2.86. The highest BCUT2D eigenvalue weighted by Gasteiger charge is 2.28. The van der Waals surface area contributed by atoms with Gasteiger partial charge in [-0.15, -0.1) is 0 Å². The lowest BCUT2D eigenvalue weighted by Gasteiger charge is -2.33. The van der Waals surface area contributed by atoms with Gasteiger partial charge in [0.05, 0.1) is 0 Å². The molecule has 0 saturated carbocycles. The summed E-state index contributed by atoms with van der Waals surface area (Å²) in [5.41, 5.74) is 5.24. The zero-order chi connectivity index (χ0) is 20.1. The normalized spacial score (nSPS) is 18.1. The van der Waals surface area contributed by atoms with E-state index < -0.39 is 11.9 Å². The van der Waals surface area contributed by atoms with Crippen molar-refractivity contribution in [3.8, 4) is 0 Å².